The largest absolute Gasteiger partial charge is 0.352 e. The van der Waals surface area contributed by atoms with Crippen molar-refractivity contribution in [2.75, 3.05) is 7.05 Å². The maximum atomic E-state index is 3.96. The number of hydrogen-bond acceptors (Lipinski definition) is 1. The maximum absolute atomic E-state index is 3.96. The van der Waals surface area contributed by atoms with Crippen LogP contribution in [-0.4, -0.2) is 20.6 Å². The van der Waals surface area contributed by atoms with Crippen LogP contribution in [0.25, 0.3) is 0 Å². The fourth-order valence-electron chi connectivity index (χ4n) is 0.424. The fraction of sp³-hybridized carbons (Fsp3) is 0.200. The van der Waals surface area contributed by atoms with Crippen LogP contribution >= 0.6 is 18.9 Å². The Kier molecular flexibility index (Phi) is 1.37. The molecule has 1 nitrogen and oxygen atoms in total. The van der Waals surface area contributed by atoms with E-state index in [9.17, 15) is 0 Å². The van der Waals surface area contributed by atoms with Crippen LogP contribution in [-0.2, 0) is 0 Å². The van der Waals surface area contributed by atoms with E-state index >= 15 is 0 Å². The van der Waals surface area contributed by atoms with Crippen molar-refractivity contribution < 1.29 is 0 Å². The van der Waals surface area contributed by atoms with Gasteiger partial charge in [0.25, 0.3) is 0 Å². The summed E-state index contributed by atoms with van der Waals surface area (Å²) in [4.78, 5) is 2.08. The second-order valence-electron chi connectivity index (χ2n) is 1.47. The van der Waals surface area contributed by atoms with Crippen molar-refractivity contribution in [3.05, 3.63) is 10.3 Å². The highest BCUT2D eigenvalue weighted by Gasteiger charge is 1.86. The highest BCUT2D eigenvalue weighted by molar-refractivity contribution is 14.2. The molecule has 0 saturated heterocycles. The third-order valence-electron chi connectivity index (χ3n) is 0.733. The van der Waals surface area contributed by atoms with Crippen molar-refractivity contribution in [3.63, 3.8) is 0 Å². The smallest absolute Gasteiger partial charge is 0.0315 e. The summed E-state index contributed by atoms with van der Waals surface area (Å²) in [6.07, 6.45) is 2.08. The minimum atomic E-state index is -0.882. The molecule has 40 valence electrons. The van der Waals surface area contributed by atoms with E-state index in [2.05, 4.69) is 23.8 Å². The van der Waals surface area contributed by atoms with Gasteiger partial charge >= 0.3 is 0 Å². The normalized spacial score (nSPS) is 20.4. The van der Waals surface area contributed by atoms with Gasteiger partial charge in [0, 0.05) is 17.4 Å². The van der Waals surface area contributed by atoms with Crippen molar-refractivity contribution in [1.29, 1.82) is 0 Å². The van der Waals surface area contributed by atoms with Gasteiger partial charge < -0.3 is 4.90 Å². The minimum absolute atomic E-state index is 0.882. The van der Waals surface area contributed by atoms with Crippen molar-refractivity contribution in [2.45, 2.75) is 0 Å². The van der Waals surface area contributed by atoms with E-state index in [0.29, 0.717) is 0 Å². The number of hydrogen-bond donors (Lipinski definition) is 0. The van der Waals surface area contributed by atoms with Gasteiger partial charge in [-0.1, -0.05) is 4.51 Å². The monoisotopic (exact) mass is 209 g/mol. The van der Waals surface area contributed by atoms with Crippen molar-refractivity contribution in [3.8, 4) is 0 Å². The zero-order chi connectivity index (χ0) is 5.28. The molecule has 0 aromatic carbocycles. The van der Waals surface area contributed by atoms with Gasteiger partial charge in [-0.05, 0) is 4.08 Å². The molecular formula is C5H8IN. The molecule has 1 aliphatic heterocycles. The van der Waals surface area contributed by atoms with Gasteiger partial charge in [-0.2, -0.15) is 0 Å². The zero-order valence-corrected chi connectivity index (χ0v) is 6.42. The molecule has 0 spiro atoms. The summed E-state index contributed by atoms with van der Waals surface area (Å²) in [6.45, 7) is 0. The lowest BCUT2D eigenvalue weighted by molar-refractivity contribution is 0.728. The average Bonchev–Trinajstić information content (AvgIpc) is 1.87. The molecule has 0 aliphatic carbocycles. The lowest BCUT2D eigenvalue weighted by Crippen LogP contribution is -2.00. The summed E-state index contributed by atoms with van der Waals surface area (Å²) >= 11 is -0.882. The van der Waals surface area contributed by atoms with Crippen LogP contribution in [0.5, 0.6) is 0 Å². The van der Waals surface area contributed by atoms with E-state index in [0.717, 1.165) is 0 Å². The van der Waals surface area contributed by atoms with Gasteiger partial charge in [0.2, 0.25) is 0 Å². The van der Waals surface area contributed by atoms with E-state index in [-0.39, 0.29) is 0 Å². The van der Waals surface area contributed by atoms with Crippen LogP contribution in [0.2, 0.25) is 0 Å². The Morgan fingerprint density at radius 3 is 2.57 bits per heavy atom. The van der Waals surface area contributed by atoms with Crippen LogP contribution in [0.4, 0.5) is 0 Å². The first-order valence-corrected chi connectivity index (χ1v) is 6.02. The molecule has 0 unspecified atom stereocenters. The molecule has 7 heavy (non-hydrogen) atoms. The first-order valence-electron chi connectivity index (χ1n) is 2.00. The topological polar surface area (TPSA) is 3.24 Å². The molecule has 0 amide bonds. The van der Waals surface area contributed by atoms with Crippen LogP contribution in [0.3, 0.4) is 0 Å². The van der Waals surface area contributed by atoms with E-state index < -0.39 is 18.9 Å². The molecule has 0 atom stereocenters. The van der Waals surface area contributed by atoms with Gasteiger partial charge in [0.05, 0.1) is 0 Å². The van der Waals surface area contributed by atoms with E-state index in [1.807, 2.05) is 7.05 Å². The Labute approximate surface area is 50.0 Å². The maximum Gasteiger partial charge on any atom is 0.0315 e. The Bertz CT molecular complexity index is 163. The number of nitrogens with zero attached hydrogens (tertiary/aromatic N) is 1. The summed E-state index contributed by atoms with van der Waals surface area (Å²) < 4.78 is 8.38. The van der Waals surface area contributed by atoms with Gasteiger partial charge in [0.1, 0.15) is 0 Å². The van der Waals surface area contributed by atoms with Crippen molar-refractivity contribution in [1.82, 2.24) is 4.90 Å². The molecule has 1 aliphatic rings. The standard InChI is InChI=1S/C5H8IN/c1-6-3-4-7(2)5-6/h3-5H,1H2,2H3. The first kappa shape index (κ1) is 5.15. The summed E-state index contributed by atoms with van der Waals surface area (Å²) in [5.74, 6) is 0. The van der Waals surface area contributed by atoms with Gasteiger partial charge in [0.15, 0.2) is 0 Å². The highest BCUT2D eigenvalue weighted by Crippen LogP contribution is 2.13. The van der Waals surface area contributed by atoms with E-state index in [1.165, 1.54) is 0 Å². The zero-order valence-electron chi connectivity index (χ0n) is 4.26. The Morgan fingerprint density at radius 2 is 2.43 bits per heavy atom. The molecule has 0 aromatic heterocycles. The Balaban J connectivity index is 2.89. The molecular weight excluding hydrogens is 201 g/mol. The van der Waals surface area contributed by atoms with Gasteiger partial charge in [-0.25, -0.2) is 0 Å². The van der Waals surface area contributed by atoms with Crippen LogP contribution in [0, 0.1) is 0 Å². The van der Waals surface area contributed by atoms with Crippen LogP contribution in [0.1, 0.15) is 0 Å². The molecule has 0 N–H and O–H groups in total. The Hall–Kier alpha value is 0.01000. The average molecular weight is 209 g/mol. The summed E-state index contributed by atoms with van der Waals surface area (Å²) in [5.41, 5.74) is 0. The summed E-state index contributed by atoms with van der Waals surface area (Å²) in [7, 11) is 2.04. The molecule has 0 saturated carbocycles. The first-order chi connectivity index (χ1) is 3.29. The highest BCUT2D eigenvalue weighted by atomic mass is 127. The second-order valence-corrected chi connectivity index (χ2v) is 5.23. The quantitative estimate of drug-likeness (QED) is 0.540. The molecule has 0 bridgehead atoms. The second kappa shape index (κ2) is 1.86. The summed E-state index contributed by atoms with van der Waals surface area (Å²) in [6, 6.07) is 0. The predicted molar refractivity (Wildman–Crippen MR) is 44.1 cm³/mol. The lowest BCUT2D eigenvalue weighted by atomic mass is 10.9. The Morgan fingerprint density at radius 1 is 1.71 bits per heavy atom. The van der Waals surface area contributed by atoms with Crippen LogP contribution < -0.4 is 0 Å². The SMILES string of the molecule is C=I1=CN(C)C=C1. The molecule has 0 aromatic rings. The van der Waals surface area contributed by atoms with E-state index in [1.54, 1.807) is 0 Å². The molecule has 0 fully saturated rings. The molecule has 1 heterocycles. The fourth-order valence-corrected chi connectivity index (χ4v) is 2.84. The van der Waals surface area contributed by atoms with Crippen molar-refractivity contribution in [2.24, 2.45) is 0 Å². The predicted octanol–water partition coefficient (Wildman–Crippen LogP) is 1.10. The third-order valence-corrected chi connectivity index (χ3v) is 3.57. The summed E-state index contributed by atoms with van der Waals surface area (Å²) in [5, 5.41) is 0. The van der Waals surface area contributed by atoms with Crippen LogP contribution in [0.15, 0.2) is 10.3 Å². The molecule has 1 rings (SSSR count). The lowest BCUT2D eigenvalue weighted by Gasteiger charge is -1.97. The number of rotatable bonds is 0. The van der Waals surface area contributed by atoms with Gasteiger partial charge in [-0.3, -0.25) is 0 Å². The molecule has 2 heteroatoms. The van der Waals surface area contributed by atoms with Gasteiger partial charge in [-0.15, -0.1) is 18.9 Å². The van der Waals surface area contributed by atoms with Crippen molar-refractivity contribution >= 4 is 27.5 Å². The third kappa shape index (κ3) is 1.19. The number of halogens is 1. The molecule has 0 radical (unpaired) electrons. The van der Waals surface area contributed by atoms with E-state index in [4.69, 9.17) is 0 Å². The minimum Gasteiger partial charge on any atom is -0.352 e.